The zero-order valence-electron chi connectivity index (χ0n) is 10.6. The molecule has 94 valence electrons. The summed E-state index contributed by atoms with van der Waals surface area (Å²) in [6.45, 7) is 7.57. The van der Waals surface area contributed by atoms with E-state index in [1.165, 1.54) is 9.48 Å². The Morgan fingerprint density at radius 1 is 1.06 bits per heavy atom. The predicted molar refractivity (Wildman–Crippen MR) is 72.0 cm³/mol. The topological polar surface area (TPSA) is 44.1 Å². The molecule has 0 aromatic carbocycles. The molecule has 0 bridgehead atoms. The van der Waals surface area contributed by atoms with E-state index in [0.29, 0.717) is 5.82 Å². The largest absolute Gasteiger partial charge is 0.405 e. The molecule has 2 aromatic heterocycles. The second kappa shape index (κ2) is 4.79. The van der Waals surface area contributed by atoms with E-state index >= 15 is 0 Å². The number of aromatic nitrogens is 2. The fourth-order valence-corrected chi connectivity index (χ4v) is 1.54. The minimum Gasteiger partial charge on any atom is -0.405 e. The first-order valence-corrected chi connectivity index (χ1v) is 5.45. The Hall–Kier alpha value is -2.50. The molecule has 0 aliphatic heterocycles. The average molecular weight is 244 g/mol. The minimum absolute atomic E-state index is 0.709. The van der Waals surface area contributed by atoms with Crippen molar-refractivity contribution in [2.24, 2.45) is 7.05 Å². The molecule has 0 saturated heterocycles. The van der Waals surface area contributed by atoms with Gasteiger partial charge >= 0.3 is 0 Å². The van der Waals surface area contributed by atoms with Gasteiger partial charge in [-0.05, 0) is 19.2 Å². The van der Waals surface area contributed by atoms with Crippen molar-refractivity contribution >= 4 is 25.1 Å². The second-order valence-electron chi connectivity index (χ2n) is 3.92. The molecule has 0 saturated carbocycles. The van der Waals surface area contributed by atoms with Crippen molar-refractivity contribution in [3.8, 4) is 0 Å². The van der Waals surface area contributed by atoms with Gasteiger partial charge in [-0.1, -0.05) is 23.1 Å². The summed E-state index contributed by atoms with van der Waals surface area (Å²) < 4.78 is 5.13. The number of rotatable bonds is 5. The van der Waals surface area contributed by atoms with Crippen molar-refractivity contribution in [1.29, 1.82) is 0 Å². The Labute approximate surface area is 106 Å². The third-order valence-electron chi connectivity index (χ3n) is 2.36. The Balaban J connectivity index is 2.17. The van der Waals surface area contributed by atoms with Crippen LogP contribution in [0.25, 0.3) is 10.9 Å². The molecular formula is C12H16N6. The molecule has 0 atom stereocenters. The monoisotopic (exact) mass is 244 g/mol. The molecule has 2 aromatic rings. The van der Waals surface area contributed by atoms with Crippen LogP contribution in [0.1, 0.15) is 0 Å². The van der Waals surface area contributed by atoms with Crippen LogP contribution in [0, 0.1) is 0 Å². The van der Waals surface area contributed by atoms with E-state index in [1.807, 2.05) is 48.3 Å². The lowest BCUT2D eigenvalue weighted by Gasteiger charge is -2.13. The van der Waals surface area contributed by atoms with Crippen LogP contribution >= 0.6 is 0 Å². The highest BCUT2D eigenvalue weighted by Crippen LogP contribution is 2.22. The lowest BCUT2D eigenvalue weighted by Crippen LogP contribution is -2.11. The quantitative estimate of drug-likeness (QED) is 0.439. The molecule has 2 heterocycles. The summed E-state index contributed by atoms with van der Waals surface area (Å²) in [6, 6.07) is 7.57. The summed E-state index contributed by atoms with van der Waals surface area (Å²) in [5, 5.41) is 0. The average Bonchev–Trinajstić information content (AvgIpc) is 2.88. The smallest absolute Gasteiger partial charge is 0.168 e. The van der Waals surface area contributed by atoms with Gasteiger partial charge in [0.2, 0.25) is 0 Å². The first-order valence-electron chi connectivity index (χ1n) is 5.45. The second-order valence-corrected chi connectivity index (χ2v) is 3.92. The van der Waals surface area contributed by atoms with Crippen molar-refractivity contribution in [3.05, 3.63) is 47.5 Å². The van der Waals surface area contributed by atoms with Crippen LogP contribution in [0.2, 0.25) is 0 Å². The first-order chi connectivity index (χ1) is 8.58. The Kier molecular flexibility index (Phi) is 3.18. The molecule has 2 rings (SSSR count). The Bertz CT molecular complexity index is 577. The fraction of sp³-hybridized carbons (Fsp3) is 0.167. The van der Waals surface area contributed by atoms with Crippen LogP contribution in [-0.2, 0) is 7.05 Å². The molecule has 0 spiro atoms. The van der Waals surface area contributed by atoms with Crippen molar-refractivity contribution in [2.45, 2.75) is 0 Å². The molecule has 0 aliphatic rings. The van der Waals surface area contributed by atoms with Gasteiger partial charge in [-0.25, -0.2) is 0 Å². The Morgan fingerprint density at radius 2 is 1.72 bits per heavy atom. The molecular weight excluding hydrogens is 228 g/mol. The highest BCUT2D eigenvalue weighted by molar-refractivity contribution is 5.41. The van der Waals surface area contributed by atoms with E-state index in [9.17, 15) is 0 Å². The maximum atomic E-state index is 4.38. The molecule has 0 aliphatic carbocycles. The van der Waals surface area contributed by atoms with Gasteiger partial charge in [-0.2, -0.15) is 14.8 Å². The van der Waals surface area contributed by atoms with Crippen LogP contribution in [0.15, 0.2) is 36.7 Å². The van der Waals surface area contributed by atoms with E-state index in [-0.39, 0.29) is 0 Å². The number of nitrogens with zero attached hydrogens (tertiary/aromatic N) is 6. The molecule has 0 radical (unpaired) electrons. The summed E-state index contributed by atoms with van der Waals surface area (Å²) >= 11 is 0. The molecule has 18 heavy (non-hydrogen) atoms. The summed E-state index contributed by atoms with van der Waals surface area (Å²) in [5.74, 6) is 1.52. The molecule has 6 heteroatoms. The van der Waals surface area contributed by atoms with Crippen LogP contribution in [0.3, 0.4) is 0 Å². The minimum atomic E-state index is 0.709. The molecule has 0 unspecified atom stereocenters. The molecule has 0 amide bonds. The summed E-state index contributed by atoms with van der Waals surface area (Å²) in [5.41, 5.74) is 8.61. The fourth-order valence-electron chi connectivity index (χ4n) is 1.54. The van der Waals surface area contributed by atoms with Crippen molar-refractivity contribution in [1.82, 2.24) is 9.24 Å². The van der Waals surface area contributed by atoms with Gasteiger partial charge in [0.25, 0.3) is 0 Å². The number of aryl methyl sites for hydroxylation is 1. The summed E-state index contributed by atoms with van der Waals surface area (Å²) in [4.78, 5) is 1.48. The normalized spacial score (nSPS) is 10.1. The SMILES string of the molecule is C=[N+](C)[N-]c1cccn1[N+](=C)[N-]c1cccn1C. The van der Waals surface area contributed by atoms with Gasteiger partial charge in [-0.3, -0.25) is 0 Å². The standard InChI is InChI=1S/C12H16N6/c1-15(2)13-12-8-6-10-18(12)17(4)14-11-7-5-9-16(11)3/h5-10H,1,4H2,2-3H3. The van der Waals surface area contributed by atoms with E-state index < -0.39 is 0 Å². The zero-order valence-corrected chi connectivity index (χ0v) is 10.6. The lowest BCUT2D eigenvalue weighted by atomic mass is 10.6. The van der Waals surface area contributed by atoms with Gasteiger partial charge in [0.15, 0.2) is 6.72 Å². The predicted octanol–water partition coefficient (Wildman–Crippen LogP) is 2.19. The van der Waals surface area contributed by atoms with Gasteiger partial charge in [-0.15, -0.1) is 5.43 Å². The molecule has 0 N–H and O–H groups in total. The zero-order chi connectivity index (χ0) is 13.1. The highest BCUT2D eigenvalue weighted by Gasteiger charge is 2.06. The summed E-state index contributed by atoms with van der Waals surface area (Å²) in [7, 11) is 3.69. The van der Waals surface area contributed by atoms with Crippen LogP contribution in [-0.4, -0.2) is 39.2 Å². The van der Waals surface area contributed by atoms with Crippen molar-refractivity contribution in [3.63, 3.8) is 0 Å². The van der Waals surface area contributed by atoms with Crippen LogP contribution < -0.4 is 0 Å². The third kappa shape index (κ3) is 2.42. The lowest BCUT2D eigenvalue weighted by molar-refractivity contribution is -0.526. The third-order valence-corrected chi connectivity index (χ3v) is 2.36. The van der Waals surface area contributed by atoms with E-state index in [0.717, 1.165) is 5.82 Å². The van der Waals surface area contributed by atoms with Crippen molar-refractivity contribution < 1.29 is 9.48 Å². The van der Waals surface area contributed by atoms with Gasteiger partial charge < -0.3 is 4.57 Å². The Morgan fingerprint density at radius 3 is 2.33 bits per heavy atom. The highest BCUT2D eigenvalue weighted by atomic mass is 15.7. The van der Waals surface area contributed by atoms with E-state index in [2.05, 4.69) is 24.3 Å². The van der Waals surface area contributed by atoms with Crippen molar-refractivity contribution in [2.75, 3.05) is 7.05 Å². The molecule has 6 nitrogen and oxygen atoms in total. The summed E-state index contributed by atoms with van der Waals surface area (Å²) in [6.07, 6.45) is 3.76. The van der Waals surface area contributed by atoms with E-state index in [1.54, 1.807) is 11.7 Å². The maximum absolute atomic E-state index is 4.38. The molecule has 0 fully saturated rings. The van der Waals surface area contributed by atoms with Gasteiger partial charge in [0.1, 0.15) is 13.8 Å². The van der Waals surface area contributed by atoms with E-state index in [4.69, 9.17) is 0 Å². The first kappa shape index (κ1) is 12.0. The van der Waals surface area contributed by atoms with Crippen LogP contribution in [0.4, 0.5) is 11.6 Å². The van der Waals surface area contributed by atoms with Crippen LogP contribution in [0.5, 0.6) is 0 Å². The number of hydrogen-bond acceptors (Lipinski definition) is 0. The number of hydrogen-bond donors (Lipinski definition) is 0. The van der Waals surface area contributed by atoms with Gasteiger partial charge in [0.05, 0.1) is 11.6 Å². The van der Waals surface area contributed by atoms with Gasteiger partial charge in [0, 0.05) is 6.20 Å². The maximum Gasteiger partial charge on any atom is 0.168 e.